The molecule has 2 N–H and O–H groups in total. The maximum absolute atomic E-state index is 14.0. The Bertz CT molecular complexity index is 857. The summed E-state index contributed by atoms with van der Waals surface area (Å²) in [6.45, 7) is 2.95. The normalized spacial score (nSPS) is 16.7. The monoisotopic (exact) mass is 417 g/mol. The van der Waals surface area contributed by atoms with Crippen LogP contribution in [0.4, 0.5) is 10.1 Å². The Labute approximate surface area is 175 Å². The van der Waals surface area contributed by atoms with Crippen LogP contribution in [0.3, 0.4) is 0 Å². The van der Waals surface area contributed by atoms with Crippen LogP contribution in [-0.4, -0.2) is 82.9 Å². The van der Waals surface area contributed by atoms with E-state index >= 15 is 0 Å². The lowest BCUT2D eigenvalue weighted by Gasteiger charge is -2.20. The second kappa shape index (κ2) is 10.3. The summed E-state index contributed by atoms with van der Waals surface area (Å²) in [6.07, 6.45) is 5.01. The molecule has 0 radical (unpaired) electrons. The Morgan fingerprint density at radius 2 is 2.13 bits per heavy atom. The van der Waals surface area contributed by atoms with E-state index < -0.39 is 11.7 Å². The zero-order valence-corrected chi connectivity index (χ0v) is 17.3. The van der Waals surface area contributed by atoms with Gasteiger partial charge in [0, 0.05) is 49.7 Å². The Balaban J connectivity index is 1.49. The summed E-state index contributed by atoms with van der Waals surface area (Å²) in [6, 6.07) is 4.29. The first-order valence-electron chi connectivity index (χ1n) is 10.0. The number of aromatic nitrogens is 3. The second-order valence-corrected chi connectivity index (χ2v) is 7.69. The van der Waals surface area contributed by atoms with E-state index in [0.29, 0.717) is 25.6 Å². The molecule has 1 fully saturated rings. The smallest absolute Gasteiger partial charge is 0.251 e. The van der Waals surface area contributed by atoms with Gasteiger partial charge < -0.3 is 15.5 Å². The quantitative estimate of drug-likeness (QED) is 0.587. The zero-order valence-electron chi connectivity index (χ0n) is 17.3. The molecular weight excluding hydrogens is 389 g/mol. The van der Waals surface area contributed by atoms with E-state index in [2.05, 4.69) is 30.7 Å². The van der Waals surface area contributed by atoms with Crippen LogP contribution >= 0.6 is 0 Å². The first kappa shape index (κ1) is 21.8. The molecule has 2 heterocycles. The number of hydrogen-bond acceptors (Lipinski definition) is 6. The third-order valence-electron chi connectivity index (χ3n) is 5.11. The Morgan fingerprint density at radius 1 is 1.30 bits per heavy atom. The van der Waals surface area contributed by atoms with Gasteiger partial charge in [0.1, 0.15) is 5.82 Å². The lowest BCUT2D eigenvalue weighted by molar-refractivity contribution is -0.117. The summed E-state index contributed by atoms with van der Waals surface area (Å²) < 4.78 is 15.7. The molecule has 1 aliphatic heterocycles. The molecule has 0 bridgehead atoms. The minimum Gasteiger partial charge on any atom is -0.352 e. The Kier molecular flexibility index (Phi) is 7.47. The molecule has 162 valence electrons. The van der Waals surface area contributed by atoms with E-state index in [1.807, 2.05) is 14.1 Å². The van der Waals surface area contributed by atoms with Crippen LogP contribution in [0.15, 0.2) is 30.6 Å². The highest BCUT2D eigenvalue weighted by atomic mass is 19.1. The molecule has 2 amide bonds. The minimum absolute atomic E-state index is 0.167. The fourth-order valence-electron chi connectivity index (χ4n) is 3.47. The standard InChI is InChI=1S/C20H28FN7O2/c1-26(2)18-4-8-27(13-18)14-19(29)24-17-11-15(10-16(21)12-17)20(30)22-5-3-7-28-9-6-23-25-28/h6,9-12,18H,3-5,7-8,13-14H2,1-2H3,(H,22,30)(H,24,29). The molecule has 0 saturated carbocycles. The summed E-state index contributed by atoms with van der Waals surface area (Å²) in [4.78, 5) is 28.9. The van der Waals surface area contributed by atoms with Crippen molar-refractivity contribution in [3.8, 4) is 0 Å². The fraction of sp³-hybridized carbons (Fsp3) is 0.500. The highest BCUT2D eigenvalue weighted by molar-refractivity contribution is 5.97. The fourth-order valence-corrected chi connectivity index (χ4v) is 3.47. The van der Waals surface area contributed by atoms with Crippen LogP contribution in [0.5, 0.6) is 0 Å². The predicted octanol–water partition coefficient (Wildman–Crippen LogP) is 0.812. The molecule has 2 aromatic rings. The van der Waals surface area contributed by atoms with Crippen molar-refractivity contribution in [2.45, 2.75) is 25.4 Å². The summed E-state index contributed by atoms with van der Waals surface area (Å²) in [5.41, 5.74) is 0.441. The van der Waals surface area contributed by atoms with Gasteiger partial charge in [-0.2, -0.15) is 0 Å². The van der Waals surface area contributed by atoms with Crippen LogP contribution in [0.2, 0.25) is 0 Å². The van der Waals surface area contributed by atoms with Crippen molar-refractivity contribution in [1.82, 2.24) is 30.1 Å². The van der Waals surface area contributed by atoms with Crippen molar-refractivity contribution >= 4 is 17.5 Å². The number of carbonyl (C=O) groups is 2. The molecule has 3 rings (SSSR count). The number of aryl methyl sites for hydroxylation is 1. The van der Waals surface area contributed by atoms with Crippen LogP contribution in [-0.2, 0) is 11.3 Å². The number of halogens is 1. The molecule has 10 heteroatoms. The van der Waals surface area contributed by atoms with Crippen LogP contribution in [0, 0.1) is 5.82 Å². The molecule has 1 saturated heterocycles. The van der Waals surface area contributed by atoms with Gasteiger partial charge in [-0.15, -0.1) is 5.10 Å². The first-order chi connectivity index (χ1) is 14.4. The number of nitrogens with zero attached hydrogens (tertiary/aromatic N) is 5. The number of likely N-dealkylation sites (N-methyl/N-ethyl adjacent to an activating group) is 1. The van der Waals surface area contributed by atoms with E-state index in [0.717, 1.165) is 25.6 Å². The number of hydrogen-bond donors (Lipinski definition) is 2. The summed E-state index contributed by atoms with van der Waals surface area (Å²) in [7, 11) is 4.06. The highest BCUT2D eigenvalue weighted by Crippen LogP contribution is 2.16. The second-order valence-electron chi connectivity index (χ2n) is 7.69. The molecule has 9 nitrogen and oxygen atoms in total. The van der Waals surface area contributed by atoms with Crippen LogP contribution in [0.1, 0.15) is 23.2 Å². The molecule has 1 atom stereocenters. The van der Waals surface area contributed by atoms with Crippen LogP contribution in [0.25, 0.3) is 0 Å². The van der Waals surface area contributed by atoms with Gasteiger partial charge in [0.05, 0.1) is 12.7 Å². The van der Waals surface area contributed by atoms with Crippen molar-refractivity contribution in [2.24, 2.45) is 0 Å². The molecule has 1 unspecified atom stereocenters. The Hall–Kier alpha value is -2.85. The Morgan fingerprint density at radius 3 is 2.83 bits per heavy atom. The van der Waals surface area contributed by atoms with Gasteiger partial charge in [0.25, 0.3) is 5.91 Å². The van der Waals surface area contributed by atoms with Gasteiger partial charge in [0.2, 0.25) is 5.91 Å². The van der Waals surface area contributed by atoms with Crippen LogP contribution < -0.4 is 10.6 Å². The minimum atomic E-state index is -0.575. The molecule has 1 aliphatic rings. The third kappa shape index (κ3) is 6.33. The molecule has 30 heavy (non-hydrogen) atoms. The van der Waals surface area contributed by atoms with Gasteiger partial charge in [-0.3, -0.25) is 19.2 Å². The maximum Gasteiger partial charge on any atom is 0.251 e. The van der Waals surface area contributed by atoms with E-state index in [1.165, 1.54) is 12.1 Å². The molecule has 1 aromatic carbocycles. The van der Waals surface area contributed by atoms with E-state index in [9.17, 15) is 14.0 Å². The number of anilines is 1. The van der Waals surface area contributed by atoms with E-state index in [1.54, 1.807) is 17.1 Å². The SMILES string of the molecule is CN(C)C1CCN(CC(=O)Nc2cc(F)cc(C(=O)NCCCn3ccnn3)c2)C1. The topological polar surface area (TPSA) is 95.4 Å². The molecular formula is C20H28FN7O2. The van der Waals surface area contributed by atoms with Gasteiger partial charge in [-0.05, 0) is 45.1 Å². The molecule has 0 spiro atoms. The average Bonchev–Trinajstić information content (AvgIpc) is 3.36. The van der Waals surface area contributed by atoms with Gasteiger partial charge in [-0.25, -0.2) is 4.39 Å². The highest BCUT2D eigenvalue weighted by Gasteiger charge is 2.25. The summed E-state index contributed by atoms with van der Waals surface area (Å²) in [5, 5.41) is 13.0. The predicted molar refractivity (Wildman–Crippen MR) is 111 cm³/mol. The van der Waals surface area contributed by atoms with Gasteiger partial charge in [0.15, 0.2) is 0 Å². The number of rotatable bonds is 9. The number of amides is 2. The molecule has 1 aromatic heterocycles. The number of likely N-dealkylation sites (tertiary alicyclic amines) is 1. The van der Waals surface area contributed by atoms with Gasteiger partial charge in [-0.1, -0.05) is 5.21 Å². The third-order valence-corrected chi connectivity index (χ3v) is 5.11. The van der Waals surface area contributed by atoms with E-state index in [-0.39, 0.29) is 23.7 Å². The number of carbonyl (C=O) groups excluding carboxylic acids is 2. The number of benzene rings is 1. The summed E-state index contributed by atoms with van der Waals surface area (Å²) in [5.74, 6) is -1.19. The van der Waals surface area contributed by atoms with Crippen molar-refractivity contribution in [3.05, 3.63) is 42.0 Å². The van der Waals surface area contributed by atoms with Gasteiger partial charge >= 0.3 is 0 Å². The molecule has 0 aliphatic carbocycles. The van der Waals surface area contributed by atoms with Crippen molar-refractivity contribution < 1.29 is 14.0 Å². The average molecular weight is 417 g/mol. The first-order valence-corrected chi connectivity index (χ1v) is 10.0. The van der Waals surface area contributed by atoms with Crippen molar-refractivity contribution in [1.29, 1.82) is 0 Å². The lowest BCUT2D eigenvalue weighted by Crippen LogP contribution is -2.35. The lowest BCUT2D eigenvalue weighted by atomic mass is 10.1. The number of nitrogens with one attached hydrogen (secondary N) is 2. The maximum atomic E-state index is 14.0. The largest absolute Gasteiger partial charge is 0.352 e. The van der Waals surface area contributed by atoms with Crippen molar-refractivity contribution in [3.63, 3.8) is 0 Å². The zero-order chi connectivity index (χ0) is 21.5. The summed E-state index contributed by atoms with van der Waals surface area (Å²) >= 11 is 0. The van der Waals surface area contributed by atoms with E-state index in [4.69, 9.17) is 0 Å². The van der Waals surface area contributed by atoms with Crippen molar-refractivity contribution in [2.75, 3.05) is 45.6 Å².